The van der Waals surface area contributed by atoms with Crippen molar-refractivity contribution in [2.45, 2.75) is 44.9 Å². The molecule has 0 aliphatic carbocycles. The molecule has 2 fully saturated rings. The number of carbonyl (C=O) groups is 1. The molecular formula is C23H34FN3O3. The zero-order valence-corrected chi connectivity index (χ0v) is 18.2. The summed E-state index contributed by atoms with van der Waals surface area (Å²) in [6.45, 7) is 8.68. The molecule has 0 unspecified atom stereocenters. The Morgan fingerprint density at radius 1 is 1.23 bits per heavy atom. The number of aliphatic imine (C=N–C) groups is 1. The number of carbonyl (C=O) groups excluding carboxylic acids is 1. The molecule has 3 rings (SSSR count). The van der Waals surface area contributed by atoms with Crippen molar-refractivity contribution in [2.75, 3.05) is 46.0 Å². The topological polar surface area (TPSA) is 63.2 Å². The minimum absolute atomic E-state index is 0.0230. The number of guanidine groups is 1. The molecule has 0 bridgehead atoms. The highest BCUT2D eigenvalue weighted by Gasteiger charge is 2.35. The van der Waals surface area contributed by atoms with Crippen molar-refractivity contribution >= 4 is 11.9 Å². The maximum Gasteiger partial charge on any atom is 0.309 e. The van der Waals surface area contributed by atoms with Gasteiger partial charge in [0.15, 0.2) is 5.96 Å². The number of hydrogen-bond donors (Lipinski definition) is 1. The van der Waals surface area contributed by atoms with Crippen molar-refractivity contribution in [3.8, 4) is 0 Å². The number of likely N-dealkylation sites (tertiary alicyclic amines) is 1. The first-order valence-corrected chi connectivity index (χ1v) is 11.1. The van der Waals surface area contributed by atoms with E-state index in [0.29, 0.717) is 26.4 Å². The summed E-state index contributed by atoms with van der Waals surface area (Å²) in [5.41, 5.74) is 0.975. The summed E-state index contributed by atoms with van der Waals surface area (Å²) >= 11 is 0. The average molecular weight is 420 g/mol. The second kappa shape index (κ2) is 10.8. The molecule has 0 atom stereocenters. The van der Waals surface area contributed by atoms with Crippen molar-refractivity contribution < 1.29 is 18.7 Å². The Hall–Kier alpha value is -2.15. The summed E-state index contributed by atoms with van der Waals surface area (Å²) in [7, 11) is 0. The predicted molar refractivity (Wildman–Crippen MR) is 115 cm³/mol. The fourth-order valence-electron chi connectivity index (χ4n) is 4.34. The number of halogens is 1. The van der Waals surface area contributed by atoms with Gasteiger partial charge in [-0.2, -0.15) is 0 Å². The van der Waals surface area contributed by atoms with Crippen LogP contribution < -0.4 is 5.32 Å². The lowest BCUT2D eigenvalue weighted by Gasteiger charge is -2.38. The number of benzene rings is 1. The Morgan fingerprint density at radius 2 is 1.90 bits per heavy atom. The first-order chi connectivity index (χ1) is 14.6. The van der Waals surface area contributed by atoms with E-state index in [2.05, 4.69) is 17.1 Å². The Bertz CT molecular complexity index is 709. The maximum absolute atomic E-state index is 13.5. The van der Waals surface area contributed by atoms with Crippen LogP contribution in [0, 0.1) is 11.7 Å². The van der Waals surface area contributed by atoms with Gasteiger partial charge >= 0.3 is 5.97 Å². The molecule has 1 N–H and O–H groups in total. The van der Waals surface area contributed by atoms with Crippen LogP contribution in [0.1, 0.15) is 45.1 Å². The van der Waals surface area contributed by atoms with E-state index in [1.807, 2.05) is 19.1 Å². The summed E-state index contributed by atoms with van der Waals surface area (Å²) in [6.07, 6.45) is 3.29. The van der Waals surface area contributed by atoms with Gasteiger partial charge in [0.1, 0.15) is 5.82 Å². The monoisotopic (exact) mass is 419 g/mol. The summed E-state index contributed by atoms with van der Waals surface area (Å²) in [5.74, 6) is 0.553. The van der Waals surface area contributed by atoms with E-state index in [1.165, 1.54) is 12.1 Å². The van der Waals surface area contributed by atoms with Crippen molar-refractivity contribution in [3.63, 3.8) is 0 Å². The van der Waals surface area contributed by atoms with E-state index in [-0.39, 0.29) is 23.1 Å². The number of nitrogens with zero attached hydrogens (tertiary/aromatic N) is 2. The Balaban J connectivity index is 1.72. The minimum atomic E-state index is -0.220. The molecule has 2 heterocycles. The van der Waals surface area contributed by atoms with Crippen molar-refractivity contribution in [1.82, 2.24) is 10.2 Å². The molecule has 0 radical (unpaired) electrons. The van der Waals surface area contributed by atoms with Crippen LogP contribution in [0.5, 0.6) is 0 Å². The van der Waals surface area contributed by atoms with Crippen LogP contribution in [0.25, 0.3) is 0 Å². The summed E-state index contributed by atoms with van der Waals surface area (Å²) in [5, 5.41) is 3.41. The minimum Gasteiger partial charge on any atom is -0.466 e. The number of rotatable bonds is 6. The zero-order valence-electron chi connectivity index (χ0n) is 18.2. The van der Waals surface area contributed by atoms with Gasteiger partial charge in [-0.15, -0.1) is 0 Å². The first kappa shape index (κ1) is 22.5. The van der Waals surface area contributed by atoms with Crippen LogP contribution in [-0.4, -0.2) is 62.8 Å². The smallest absolute Gasteiger partial charge is 0.309 e. The number of esters is 1. The van der Waals surface area contributed by atoms with Crippen LogP contribution >= 0.6 is 0 Å². The van der Waals surface area contributed by atoms with E-state index in [4.69, 9.17) is 14.5 Å². The van der Waals surface area contributed by atoms with E-state index in [0.717, 1.165) is 56.8 Å². The molecule has 30 heavy (non-hydrogen) atoms. The highest BCUT2D eigenvalue weighted by atomic mass is 19.1. The zero-order chi connectivity index (χ0) is 21.4. The van der Waals surface area contributed by atoms with Gasteiger partial charge in [-0.3, -0.25) is 9.79 Å². The third-order valence-corrected chi connectivity index (χ3v) is 6.19. The van der Waals surface area contributed by atoms with E-state index >= 15 is 0 Å². The normalized spacial score (nSPS) is 20.1. The Kier molecular flexibility index (Phi) is 8.08. The molecule has 2 aliphatic rings. The SMILES string of the molecule is CCNC(=NCC1(c2ccc(F)cc2)CCOCC1)N1CCC(C(=O)OCC)CC1. The highest BCUT2D eigenvalue weighted by Crippen LogP contribution is 2.35. The van der Waals surface area contributed by atoms with E-state index in [1.54, 1.807) is 0 Å². The molecule has 2 aliphatic heterocycles. The molecular weight excluding hydrogens is 385 g/mol. The van der Waals surface area contributed by atoms with Crippen LogP contribution in [0.4, 0.5) is 4.39 Å². The van der Waals surface area contributed by atoms with Gasteiger partial charge in [0, 0.05) is 38.3 Å². The Labute approximate surface area is 178 Å². The summed E-state index contributed by atoms with van der Waals surface area (Å²) < 4.78 is 24.3. The molecule has 0 amide bonds. The standard InChI is InChI=1S/C23H34FN3O3/c1-3-25-22(27-13-9-18(10-14-27)21(28)30-4-2)26-17-23(11-15-29-16-12-23)19-5-7-20(24)8-6-19/h5-8,18H,3-4,9-17H2,1-2H3,(H,25,26). The van der Waals surface area contributed by atoms with Crippen molar-refractivity contribution in [3.05, 3.63) is 35.6 Å². The third kappa shape index (κ3) is 5.50. The van der Waals surface area contributed by atoms with Crippen LogP contribution in [0.15, 0.2) is 29.3 Å². The summed E-state index contributed by atoms with van der Waals surface area (Å²) in [4.78, 5) is 19.3. The van der Waals surface area contributed by atoms with Gasteiger partial charge in [-0.05, 0) is 57.2 Å². The van der Waals surface area contributed by atoms with Crippen LogP contribution in [0.2, 0.25) is 0 Å². The first-order valence-electron chi connectivity index (χ1n) is 11.1. The van der Waals surface area contributed by atoms with Gasteiger partial charge in [-0.1, -0.05) is 12.1 Å². The Morgan fingerprint density at radius 3 is 2.50 bits per heavy atom. The molecule has 166 valence electrons. The molecule has 1 aromatic carbocycles. The van der Waals surface area contributed by atoms with Crippen LogP contribution in [-0.2, 0) is 19.7 Å². The van der Waals surface area contributed by atoms with Crippen LogP contribution in [0.3, 0.4) is 0 Å². The van der Waals surface area contributed by atoms with E-state index < -0.39 is 0 Å². The third-order valence-electron chi connectivity index (χ3n) is 6.19. The van der Waals surface area contributed by atoms with Gasteiger partial charge in [0.2, 0.25) is 0 Å². The molecule has 7 heteroatoms. The lowest BCUT2D eigenvalue weighted by molar-refractivity contribution is -0.149. The van der Waals surface area contributed by atoms with E-state index in [9.17, 15) is 9.18 Å². The molecule has 6 nitrogen and oxygen atoms in total. The van der Waals surface area contributed by atoms with Gasteiger partial charge in [0.25, 0.3) is 0 Å². The fourth-order valence-corrected chi connectivity index (χ4v) is 4.34. The average Bonchev–Trinajstić information content (AvgIpc) is 2.78. The number of ether oxygens (including phenoxy) is 2. The molecule has 0 aromatic heterocycles. The number of nitrogens with one attached hydrogen (secondary N) is 1. The maximum atomic E-state index is 13.5. The number of piperidine rings is 1. The quantitative estimate of drug-likeness (QED) is 0.436. The lowest BCUT2D eigenvalue weighted by Crippen LogP contribution is -2.47. The van der Waals surface area contributed by atoms with Crippen molar-refractivity contribution in [2.24, 2.45) is 10.9 Å². The predicted octanol–water partition coefficient (Wildman–Crippen LogP) is 3.11. The largest absolute Gasteiger partial charge is 0.466 e. The molecule has 0 spiro atoms. The fraction of sp³-hybridized carbons (Fsp3) is 0.652. The summed E-state index contributed by atoms with van der Waals surface area (Å²) in [6, 6.07) is 6.82. The molecule has 1 aromatic rings. The second-order valence-electron chi connectivity index (χ2n) is 8.08. The highest BCUT2D eigenvalue weighted by molar-refractivity contribution is 5.80. The lowest BCUT2D eigenvalue weighted by atomic mass is 9.74. The van der Waals surface area contributed by atoms with Gasteiger partial charge in [0.05, 0.1) is 19.1 Å². The molecule has 2 saturated heterocycles. The van der Waals surface area contributed by atoms with Gasteiger partial charge < -0.3 is 19.7 Å². The number of hydrogen-bond acceptors (Lipinski definition) is 4. The second-order valence-corrected chi connectivity index (χ2v) is 8.08. The van der Waals surface area contributed by atoms with Crippen molar-refractivity contribution in [1.29, 1.82) is 0 Å². The molecule has 0 saturated carbocycles. The van der Waals surface area contributed by atoms with Gasteiger partial charge in [-0.25, -0.2) is 4.39 Å².